The molecule has 0 bridgehead atoms. The quantitative estimate of drug-likeness (QED) is 0.863. The average molecular weight is 281 g/mol. The van der Waals surface area contributed by atoms with Crippen molar-refractivity contribution in [3.05, 3.63) is 23.6 Å². The Morgan fingerprint density at radius 3 is 2.50 bits per heavy atom. The van der Waals surface area contributed by atoms with Crippen LogP contribution < -0.4 is 10.2 Å². The van der Waals surface area contributed by atoms with E-state index in [0.717, 1.165) is 24.5 Å². The number of nitrogens with one attached hydrogen (secondary N) is 1. The number of pyridine rings is 1. The summed E-state index contributed by atoms with van der Waals surface area (Å²) in [6, 6.07) is 1.59. The summed E-state index contributed by atoms with van der Waals surface area (Å²) in [6.07, 6.45) is 1.30. The predicted octanol–water partition coefficient (Wildman–Crippen LogP) is 3.59. The number of aromatic nitrogens is 1. The molecule has 0 spiro atoms. The van der Waals surface area contributed by atoms with E-state index in [9.17, 15) is 4.39 Å². The van der Waals surface area contributed by atoms with Gasteiger partial charge in [0.05, 0.1) is 6.20 Å². The molecule has 0 aromatic carbocycles. The standard InChI is InChI=1S/C16H28FN3/c1-7-20(11-12(2)3)15-13(8-14(17)10-18-15)9-19-16(4,5)6/h8,10,12,19H,7,9,11H2,1-6H3. The first-order valence-electron chi connectivity index (χ1n) is 7.37. The lowest BCUT2D eigenvalue weighted by molar-refractivity contribution is 0.423. The highest BCUT2D eigenvalue weighted by Crippen LogP contribution is 2.20. The zero-order valence-corrected chi connectivity index (χ0v) is 13.6. The summed E-state index contributed by atoms with van der Waals surface area (Å²) in [5.74, 6) is 1.16. The highest BCUT2D eigenvalue weighted by atomic mass is 19.1. The van der Waals surface area contributed by atoms with Crippen LogP contribution in [0.5, 0.6) is 0 Å². The summed E-state index contributed by atoms with van der Waals surface area (Å²) in [5.41, 5.74) is 0.918. The second-order valence-corrected chi connectivity index (χ2v) is 6.67. The Bertz CT molecular complexity index is 424. The fourth-order valence-corrected chi connectivity index (χ4v) is 2.06. The number of halogens is 1. The Hall–Kier alpha value is -1.16. The second-order valence-electron chi connectivity index (χ2n) is 6.67. The molecule has 4 heteroatoms. The van der Waals surface area contributed by atoms with E-state index >= 15 is 0 Å². The van der Waals surface area contributed by atoms with Crippen LogP contribution in [-0.2, 0) is 6.54 Å². The molecular weight excluding hydrogens is 253 g/mol. The number of rotatable bonds is 6. The van der Waals surface area contributed by atoms with Crippen molar-refractivity contribution >= 4 is 5.82 Å². The van der Waals surface area contributed by atoms with Crippen molar-refractivity contribution in [1.29, 1.82) is 0 Å². The molecule has 0 atom stereocenters. The molecule has 0 unspecified atom stereocenters. The Morgan fingerprint density at radius 2 is 2.00 bits per heavy atom. The van der Waals surface area contributed by atoms with Crippen LogP contribution in [0.4, 0.5) is 10.2 Å². The largest absolute Gasteiger partial charge is 0.356 e. The van der Waals surface area contributed by atoms with Crippen molar-refractivity contribution in [3.8, 4) is 0 Å². The first-order valence-corrected chi connectivity index (χ1v) is 7.37. The Balaban J connectivity index is 2.99. The van der Waals surface area contributed by atoms with E-state index in [0.29, 0.717) is 12.5 Å². The molecule has 0 saturated carbocycles. The molecule has 1 rings (SSSR count). The minimum Gasteiger partial charge on any atom is -0.356 e. The molecule has 0 saturated heterocycles. The van der Waals surface area contributed by atoms with Crippen molar-refractivity contribution in [3.63, 3.8) is 0 Å². The van der Waals surface area contributed by atoms with Gasteiger partial charge in [0.25, 0.3) is 0 Å². The molecule has 0 aliphatic carbocycles. The van der Waals surface area contributed by atoms with Crippen LogP contribution >= 0.6 is 0 Å². The van der Waals surface area contributed by atoms with E-state index in [1.807, 2.05) is 0 Å². The maximum Gasteiger partial charge on any atom is 0.141 e. The molecule has 114 valence electrons. The molecule has 1 heterocycles. The molecule has 0 aliphatic heterocycles. The monoisotopic (exact) mass is 281 g/mol. The van der Waals surface area contributed by atoms with Gasteiger partial charge in [-0.05, 0) is 39.7 Å². The van der Waals surface area contributed by atoms with Gasteiger partial charge in [0, 0.05) is 30.7 Å². The number of hydrogen-bond donors (Lipinski definition) is 1. The zero-order valence-electron chi connectivity index (χ0n) is 13.6. The molecule has 1 N–H and O–H groups in total. The molecular formula is C16H28FN3. The van der Waals surface area contributed by atoms with Crippen LogP contribution in [0, 0.1) is 11.7 Å². The van der Waals surface area contributed by atoms with E-state index in [1.165, 1.54) is 6.20 Å². The topological polar surface area (TPSA) is 28.2 Å². The molecule has 1 aromatic heterocycles. The van der Waals surface area contributed by atoms with Crippen LogP contribution in [0.3, 0.4) is 0 Å². The molecule has 0 amide bonds. The fourth-order valence-electron chi connectivity index (χ4n) is 2.06. The van der Waals surface area contributed by atoms with E-state index in [-0.39, 0.29) is 11.4 Å². The molecule has 0 radical (unpaired) electrons. The fraction of sp³-hybridized carbons (Fsp3) is 0.688. The summed E-state index contributed by atoms with van der Waals surface area (Å²) in [5, 5.41) is 3.40. The van der Waals surface area contributed by atoms with Crippen molar-refractivity contribution in [2.24, 2.45) is 5.92 Å². The average Bonchev–Trinajstić information content (AvgIpc) is 2.33. The van der Waals surface area contributed by atoms with Crippen LogP contribution in [0.1, 0.15) is 47.1 Å². The lowest BCUT2D eigenvalue weighted by Gasteiger charge is -2.28. The summed E-state index contributed by atoms with van der Waals surface area (Å²) in [7, 11) is 0. The minimum absolute atomic E-state index is 0.00131. The third kappa shape index (κ3) is 5.45. The van der Waals surface area contributed by atoms with E-state index in [2.05, 4.69) is 56.7 Å². The molecule has 20 heavy (non-hydrogen) atoms. The lowest BCUT2D eigenvalue weighted by Crippen LogP contribution is -2.36. The van der Waals surface area contributed by atoms with Crippen molar-refractivity contribution < 1.29 is 4.39 Å². The second kappa shape index (κ2) is 7.02. The van der Waals surface area contributed by atoms with Gasteiger partial charge in [-0.2, -0.15) is 0 Å². The normalized spacial score (nSPS) is 12.0. The third-order valence-electron chi connectivity index (χ3n) is 2.99. The van der Waals surface area contributed by atoms with Gasteiger partial charge in [-0.15, -0.1) is 0 Å². The van der Waals surface area contributed by atoms with E-state index in [1.54, 1.807) is 6.07 Å². The maximum absolute atomic E-state index is 13.5. The highest BCUT2D eigenvalue weighted by molar-refractivity contribution is 5.47. The Kier molecular flexibility index (Phi) is 5.93. The summed E-state index contributed by atoms with van der Waals surface area (Å²) >= 11 is 0. The first-order chi connectivity index (χ1) is 9.23. The van der Waals surface area contributed by atoms with Gasteiger partial charge in [-0.1, -0.05) is 13.8 Å². The van der Waals surface area contributed by atoms with Crippen LogP contribution in [0.2, 0.25) is 0 Å². The summed E-state index contributed by atoms with van der Waals surface area (Å²) < 4.78 is 13.5. The van der Waals surface area contributed by atoms with Gasteiger partial charge in [0.15, 0.2) is 0 Å². The highest BCUT2D eigenvalue weighted by Gasteiger charge is 2.16. The van der Waals surface area contributed by atoms with Gasteiger partial charge in [-0.3, -0.25) is 0 Å². The zero-order chi connectivity index (χ0) is 15.3. The molecule has 0 aliphatic rings. The number of hydrogen-bond acceptors (Lipinski definition) is 3. The van der Waals surface area contributed by atoms with Gasteiger partial charge in [-0.25, -0.2) is 9.37 Å². The SMILES string of the molecule is CCN(CC(C)C)c1ncc(F)cc1CNC(C)(C)C. The summed E-state index contributed by atoms with van der Waals surface area (Å²) in [4.78, 5) is 6.53. The Labute approximate surface area is 122 Å². The molecule has 0 fully saturated rings. The predicted molar refractivity (Wildman–Crippen MR) is 83.5 cm³/mol. The number of nitrogens with zero attached hydrogens (tertiary/aromatic N) is 2. The molecule has 1 aromatic rings. The van der Waals surface area contributed by atoms with Gasteiger partial charge in [0.2, 0.25) is 0 Å². The minimum atomic E-state index is -0.278. The van der Waals surface area contributed by atoms with E-state index < -0.39 is 0 Å². The maximum atomic E-state index is 13.5. The lowest BCUT2D eigenvalue weighted by atomic mass is 10.1. The van der Waals surface area contributed by atoms with Gasteiger partial charge < -0.3 is 10.2 Å². The summed E-state index contributed by atoms with van der Waals surface area (Å²) in [6.45, 7) is 15.2. The molecule has 3 nitrogen and oxygen atoms in total. The van der Waals surface area contributed by atoms with Crippen molar-refractivity contribution in [1.82, 2.24) is 10.3 Å². The van der Waals surface area contributed by atoms with Crippen LogP contribution in [0.15, 0.2) is 12.3 Å². The smallest absolute Gasteiger partial charge is 0.141 e. The number of anilines is 1. The van der Waals surface area contributed by atoms with Crippen LogP contribution in [-0.4, -0.2) is 23.6 Å². The van der Waals surface area contributed by atoms with Crippen molar-refractivity contribution in [2.45, 2.75) is 53.6 Å². The first kappa shape index (κ1) is 16.9. The van der Waals surface area contributed by atoms with Gasteiger partial charge in [0.1, 0.15) is 11.6 Å². The van der Waals surface area contributed by atoms with Crippen molar-refractivity contribution in [2.75, 3.05) is 18.0 Å². The third-order valence-corrected chi connectivity index (χ3v) is 2.99. The van der Waals surface area contributed by atoms with Crippen LogP contribution in [0.25, 0.3) is 0 Å². The van der Waals surface area contributed by atoms with Gasteiger partial charge >= 0.3 is 0 Å². The Morgan fingerprint density at radius 1 is 1.35 bits per heavy atom. The van der Waals surface area contributed by atoms with E-state index in [4.69, 9.17) is 0 Å².